The third-order valence-electron chi connectivity index (χ3n) is 3.41. The van der Waals surface area contributed by atoms with E-state index in [1.54, 1.807) is 13.8 Å². The molecular weight excluding hydrogens is 262 g/mol. The number of nitrogens with zero attached hydrogens (tertiary/aromatic N) is 1. The topological polar surface area (TPSA) is 59.3 Å². The maximum Gasteiger partial charge on any atom is 0.154 e. The van der Waals surface area contributed by atoms with Crippen molar-refractivity contribution >= 4 is 20.7 Å². The van der Waals surface area contributed by atoms with E-state index < -0.39 is 9.84 Å². The van der Waals surface area contributed by atoms with Gasteiger partial charge in [0.1, 0.15) is 0 Å². The van der Waals surface area contributed by atoms with Gasteiger partial charge in [-0.2, -0.15) is 0 Å². The number of hydrogen-bond acceptors (Lipinski definition) is 3. The van der Waals surface area contributed by atoms with Crippen molar-refractivity contribution in [2.45, 2.75) is 32.2 Å². The van der Waals surface area contributed by atoms with Crippen LogP contribution in [0.3, 0.4) is 0 Å². The van der Waals surface area contributed by atoms with Gasteiger partial charge in [0.05, 0.1) is 17.6 Å². The summed E-state index contributed by atoms with van der Waals surface area (Å²) >= 11 is 0. The van der Waals surface area contributed by atoms with Crippen molar-refractivity contribution in [1.82, 2.24) is 4.57 Å². The summed E-state index contributed by atoms with van der Waals surface area (Å²) in [5.41, 5.74) is 1.83. The van der Waals surface area contributed by atoms with Crippen molar-refractivity contribution < 1.29 is 13.5 Å². The van der Waals surface area contributed by atoms with Crippen LogP contribution in [0.2, 0.25) is 0 Å². The molecule has 5 heteroatoms. The Balaban J connectivity index is 2.28. The molecule has 0 amide bonds. The third-order valence-corrected chi connectivity index (χ3v) is 5.60. The molecule has 0 aliphatic carbocycles. The highest BCUT2D eigenvalue weighted by Crippen LogP contribution is 2.20. The van der Waals surface area contributed by atoms with Gasteiger partial charge in [0.2, 0.25) is 0 Å². The predicted octanol–water partition coefficient (Wildman–Crippen LogP) is 1.96. The summed E-state index contributed by atoms with van der Waals surface area (Å²) in [5, 5.41) is 9.91. The van der Waals surface area contributed by atoms with Gasteiger partial charge in [0.25, 0.3) is 0 Å². The second-order valence-corrected chi connectivity index (χ2v) is 7.61. The van der Waals surface area contributed by atoms with Crippen molar-refractivity contribution in [1.29, 1.82) is 0 Å². The number of fused-ring (bicyclic) bond motifs is 1. The fourth-order valence-electron chi connectivity index (χ4n) is 2.08. The van der Waals surface area contributed by atoms with E-state index in [-0.39, 0.29) is 17.6 Å². The molecule has 0 saturated heterocycles. The third kappa shape index (κ3) is 2.82. The number of aromatic nitrogens is 1. The first kappa shape index (κ1) is 14.1. The molecular formula is C14H19NO3S. The van der Waals surface area contributed by atoms with E-state index in [2.05, 4.69) is 0 Å². The van der Waals surface area contributed by atoms with Crippen molar-refractivity contribution in [2.24, 2.45) is 0 Å². The number of hydrogen-bond donors (Lipinski definition) is 1. The molecule has 0 atom stereocenters. The molecule has 2 aromatic rings. The minimum absolute atomic E-state index is 0.00829. The Morgan fingerprint density at radius 2 is 2.00 bits per heavy atom. The molecule has 0 fully saturated rings. The first-order valence-electron chi connectivity index (χ1n) is 6.35. The van der Waals surface area contributed by atoms with Gasteiger partial charge < -0.3 is 9.67 Å². The van der Waals surface area contributed by atoms with E-state index in [1.807, 2.05) is 35.0 Å². The molecule has 1 aromatic carbocycles. The Bertz CT molecular complexity index is 671. The number of aryl methyl sites for hydroxylation is 1. The van der Waals surface area contributed by atoms with Gasteiger partial charge in [0, 0.05) is 23.6 Å². The van der Waals surface area contributed by atoms with Crippen LogP contribution in [0.5, 0.6) is 0 Å². The number of rotatable bonds is 5. The van der Waals surface area contributed by atoms with Crippen LogP contribution in [0.4, 0.5) is 0 Å². The van der Waals surface area contributed by atoms with Gasteiger partial charge in [0.15, 0.2) is 9.84 Å². The lowest BCUT2D eigenvalue weighted by molar-refractivity contribution is 0.283. The second kappa shape index (κ2) is 5.35. The molecule has 2 rings (SSSR count). The highest BCUT2D eigenvalue weighted by molar-refractivity contribution is 7.91. The first-order chi connectivity index (χ1) is 8.95. The number of aliphatic hydroxyl groups is 1. The normalized spacial score (nSPS) is 12.4. The molecule has 1 aromatic heterocycles. The lowest BCUT2D eigenvalue weighted by atomic mass is 10.1. The van der Waals surface area contributed by atoms with E-state index >= 15 is 0 Å². The van der Waals surface area contributed by atoms with E-state index in [0.717, 1.165) is 16.5 Å². The lowest BCUT2D eigenvalue weighted by Gasteiger charge is -2.09. The lowest BCUT2D eigenvalue weighted by Crippen LogP contribution is -2.20. The maximum atomic E-state index is 11.8. The Kier molecular flexibility index (Phi) is 3.96. The van der Waals surface area contributed by atoms with Gasteiger partial charge in [-0.25, -0.2) is 8.42 Å². The van der Waals surface area contributed by atoms with E-state index in [4.69, 9.17) is 0 Å². The van der Waals surface area contributed by atoms with Gasteiger partial charge in [-0.3, -0.25) is 0 Å². The van der Waals surface area contributed by atoms with Crippen LogP contribution in [-0.4, -0.2) is 29.1 Å². The Labute approximate surface area is 113 Å². The Hall–Kier alpha value is -1.33. The molecule has 4 nitrogen and oxygen atoms in total. The average molecular weight is 281 g/mol. The highest BCUT2D eigenvalue weighted by Gasteiger charge is 2.16. The van der Waals surface area contributed by atoms with Gasteiger partial charge in [-0.15, -0.1) is 0 Å². The highest BCUT2D eigenvalue weighted by atomic mass is 32.2. The molecule has 0 aliphatic heterocycles. The molecule has 1 heterocycles. The molecule has 0 radical (unpaired) electrons. The minimum Gasteiger partial charge on any atom is -0.392 e. The minimum atomic E-state index is -3.03. The number of sulfone groups is 1. The Morgan fingerprint density at radius 1 is 1.26 bits per heavy atom. The SMILES string of the molecule is CC(C)S(=O)(=O)CCn1ccc2c(CO)cccc21. The maximum absolute atomic E-state index is 11.8. The van der Waals surface area contributed by atoms with Crippen LogP contribution < -0.4 is 0 Å². The predicted molar refractivity (Wildman–Crippen MR) is 76.8 cm³/mol. The van der Waals surface area contributed by atoms with Gasteiger partial charge in [-0.05, 0) is 31.5 Å². The summed E-state index contributed by atoms with van der Waals surface area (Å²) in [6.45, 7) is 3.84. The van der Waals surface area contributed by atoms with Crippen molar-refractivity contribution in [2.75, 3.05) is 5.75 Å². The summed E-state index contributed by atoms with van der Waals surface area (Å²) in [6.07, 6.45) is 1.87. The molecule has 0 bridgehead atoms. The quantitative estimate of drug-likeness (QED) is 0.911. The summed E-state index contributed by atoms with van der Waals surface area (Å²) in [4.78, 5) is 0. The number of aliphatic hydroxyl groups excluding tert-OH is 1. The molecule has 0 unspecified atom stereocenters. The number of benzene rings is 1. The van der Waals surface area contributed by atoms with Crippen LogP contribution in [-0.2, 0) is 23.0 Å². The molecule has 0 saturated carbocycles. The van der Waals surface area contributed by atoms with Gasteiger partial charge >= 0.3 is 0 Å². The average Bonchev–Trinajstić information content (AvgIpc) is 2.79. The van der Waals surface area contributed by atoms with Gasteiger partial charge in [-0.1, -0.05) is 12.1 Å². The summed E-state index contributed by atoms with van der Waals surface area (Å²) < 4.78 is 25.6. The summed E-state index contributed by atoms with van der Waals surface area (Å²) in [6, 6.07) is 7.61. The van der Waals surface area contributed by atoms with Crippen LogP contribution in [0, 0.1) is 0 Å². The monoisotopic (exact) mass is 281 g/mol. The zero-order valence-corrected chi connectivity index (χ0v) is 12.0. The first-order valence-corrected chi connectivity index (χ1v) is 8.06. The zero-order chi connectivity index (χ0) is 14.0. The van der Waals surface area contributed by atoms with Crippen molar-refractivity contribution in [3.63, 3.8) is 0 Å². The fraction of sp³-hybridized carbons (Fsp3) is 0.429. The molecule has 19 heavy (non-hydrogen) atoms. The fourth-order valence-corrected chi connectivity index (χ4v) is 3.00. The smallest absolute Gasteiger partial charge is 0.154 e. The molecule has 0 spiro atoms. The zero-order valence-electron chi connectivity index (χ0n) is 11.2. The largest absolute Gasteiger partial charge is 0.392 e. The standard InChI is InChI=1S/C14H19NO3S/c1-11(2)19(17,18)9-8-15-7-6-13-12(10-16)4-3-5-14(13)15/h3-7,11,16H,8-10H2,1-2H3. The van der Waals surface area contributed by atoms with E-state index in [9.17, 15) is 13.5 Å². The van der Waals surface area contributed by atoms with E-state index in [1.165, 1.54) is 0 Å². The summed E-state index contributed by atoms with van der Waals surface area (Å²) in [5.74, 6) is 0.137. The van der Waals surface area contributed by atoms with Crippen molar-refractivity contribution in [3.8, 4) is 0 Å². The molecule has 1 N–H and O–H groups in total. The summed E-state index contributed by atoms with van der Waals surface area (Å²) in [7, 11) is -3.03. The van der Waals surface area contributed by atoms with Crippen LogP contribution in [0.25, 0.3) is 10.9 Å². The molecule has 104 valence electrons. The van der Waals surface area contributed by atoms with E-state index in [0.29, 0.717) is 6.54 Å². The van der Waals surface area contributed by atoms with Crippen LogP contribution >= 0.6 is 0 Å². The Morgan fingerprint density at radius 3 is 2.63 bits per heavy atom. The van der Waals surface area contributed by atoms with Crippen LogP contribution in [0.1, 0.15) is 19.4 Å². The van der Waals surface area contributed by atoms with Crippen molar-refractivity contribution in [3.05, 3.63) is 36.0 Å². The molecule has 0 aliphatic rings. The second-order valence-electron chi connectivity index (χ2n) is 4.93. The van der Waals surface area contributed by atoms with Crippen LogP contribution in [0.15, 0.2) is 30.5 Å².